The number of nitrogens with one attached hydrogen (secondary N) is 1. The lowest BCUT2D eigenvalue weighted by Crippen LogP contribution is -2.11. The first-order chi connectivity index (χ1) is 9.88. The highest BCUT2D eigenvalue weighted by Crippen LogP contribution is 2.39. The van der Waals surface area contributed by atoms with Gasteiger partial charge in [0.15, 0.2) is 5.82 Å². The molecule has 0 aliphatic carbocycles. The molecule has 20 heavy (non-hydrogen) atoms. The van der Waals surface area contributed by atoms with E-state index in [4.69, 9.17) is 4.98 Å². The molecule has 3 aromatic rings. The summed E-state index contributed by atoms with van der Waals surface area (Å²) < 4.78 is 0. The molecule has 2 aromatic heterocycles. The highest BCUT2D eigenvalue weighted by molar-refractivity contribution is 5.97. The van der Waals surface area contributed by atoms with Crippen LogP contribution in [0.1, 0.15) is 5.56 Å². The maximum atomic E-state index is 4.80. The topological polar surface area (TPSA) is 44.8 Å². The second kappa shape index (κ2) is 4.20. The zero-order valence-electron chi connectivity index (χ0n) is 11.0. The second-order valence-corrected chi connectivity index (χ2v) is 4.87. The lowest BCUT2D eigenvalue weighted by atomic mass is 10.1. The first kappa shape index (κ1) is 11.2. The van der Waals surface area contributed by atoms with Crippen LogP contribution in [0.2, 0.25) is 0 Å². The van der Waals surface area contributed by atoms with Crippen LogP contribution in [-0.2, 0) is 6.42 Å². The minimum Gasteiger partial charge on any atom is -0.347 e. The van der Waals surface area contributed by atoms with Gasteiger partial charge in [0.05, 0.1) is 11.2 Å². The van der Waals surface area contributed by atoms with Gasteiger partial charge in [0, 0.05) is 29.9 Å². The van der Waals surface area contributed by atoms with Crippen molar-refractivity contribution >= 4 is 16.6 Å². The van der Waals surface area contributed by atoms with Crippen molar-refractivity contribution in [3.8, 4) is 11.5 Å². The van der Waals surface area contributed by atoms with Crippen molar-refractivity contribution in [2.75, 3.05) is 11.4 Å². The number of H-pyrrole nitrogens is 1. The van der Waals surface area contributed by atoms with Crippen molar-refractivity contribution < 1.29 is 0 Å². The summed E-state index contributed by atoms with van der Waals surface area (Å²) in [5, 5.41) is 1.18. The third kappa shape index (κ3) is 1.48. The number of nitrogens with zero attached hydrogens (tertiary/aromatic N) is 3. The highest BCUT2D eigenvalue weighted by Gasteiger charge is 2.25. The Morgan fingerprint density at radius 3 is 3.00 bits per heavy atom. The molecule has 0 saturated carbocycles. The molecule has 0 spiro atoms. The third-order valence-corrected chi connectivity index (χ3v) is 3.80. The van der Waals surface area contributed by atoms with Gasteiger partial charge in [-0.1, -0.05) is 24.8 Å². The molecule has 0 atom stereocenters. The van der Waals surface area contributed by atoms with Gasteiger partial charge >= 0.3 is 0 Å². The zero-order valence-corrected chi connectivity index (χ0v) is 11.0. The average molecular weight is 262 g/mol. The lowest BCUT2D eigenvalue weighted by molar-refractivity contribution is 0.993. The molecule has 0 fully saturated rings. The summed E-state index contributed by atoms with van der Waals surface area (Å²) in [6.45, 7) is 4.87. The van der Waals surface area contributed by atoms with E-state index in [0.717, 1.165) is 30.0 Å². The number of hydrogen-bond acceptors (Lipinski definition) is 3. The number of aromatic amines is 1. The number of benzene rings is 1. The SMILES string of the molecule is C=CN1CCc2c(-c3ncc[nH]3)nc3ccccc3c21. The van der Waals surface area contributed by atoms with E-state index in [1.807, 2.05) is 24.5 Å². The van der Waals surface area contributed by atoms with E-state index in [1.54, 1.807) is 6.20 Å². The number of fused-ring (bicyclic) bond motifs is 3. The minimum atomic E-state index is 0.831. The van der Waals surface area contributed by atoms with Gasteiger partial charge in [-0.25, -0.2) is 9.97 Å². The summed E-state index contributed by atoms with van der Waals surface area (Å²) in [4.78, 5) is 14.5. The Morgan fingerprint density at radius 2 is 2.20 bits per heavy atom. The number of hydrogen-bond donors (Lipinski definition) is 1. The predicted molar refractivity (Wildman–Crippen MR) is 80.6 cm³/mol. The minimum absolute atomic E-state index is 0.831. The van der Waals surface area contributed by atoms with Gasteiger partial charge < -0.3 is 9.88 Å². The monoisotopic (exact) mass is 262 g/mol. The lowest BCUT2D eigenvalue weighted by Gasteiger charge is -2.16. The van der Waals surface area contributed by atoms with E-state index in [9.17, 15) is 0 Å². The van der Waals surface area contributed by atoms with E-state index in [1.165, 1.54) is 16.6 Å². The smallest absolute Gasteiger partial charge is 0.156 e. The Balaban J connectivity index is 2.10. The molecule has 0 amide bonds. The number of aromatic nitrogens is 3. The summed E-state index contributed by atoms with van der Waals surface area (Å²) in [5.74, 6) is 0.831. The van der Waals surface area contributed by atoms with E-state index in [-0.39, 0.29) is 0 Å². The molecule has 1 aromatic carbocycles. The fourth-order valence-corrected chi connectivity index (χ4v) is 2.92. The first-order valence-electron chi connectivity index (χ1n) is 6.69. The molecule has 1 aliphatic heterocycles. The molecule has 1 aliphatic rings. The summed E-state index contributed by atoms with van der Waals surface area (Å²) in [5.41, 5.74) is 4.41. The van der Waals surface area contributed by atoms with Crippen molar-refractivity contribution in [3.63, 3.8) is 0 Å². The Kier molecular flexibility index (Phi) is 2.36. The summed E-state index contributed by atoms with van der Waals surface area (Å²) >= 11 is 0. The van der Waals surface area contributed by atoms with Gasteiger partial charge in [0.1, 0.15) is 5.69 Å². The molecule has 0 bridgehead atoms. The fraction of sp³-hybridized carbons (Fsp3) is 0.125. The van der Waals surface area contributed by atoms with E-state index < -0.39 is 0 Å². The Labute approximate surface area is 116 Å². The van der Waals surface area contributed by atoms with Crippen molar-refractivity contribution in [3.05, 3.63) is 55.0 Å². The Morgan fingerprint density at radius 1 is 1.30 bits per heavy atom. The van der Waals surface area contributed by atoms with E-state index in [2.05, 4.69) is 33.6 Å². The summed E-state index contributed by atoms with van der Waals surface area (Å²) in [7, 11) is 0. The average Bonchev–Trinajstić information content (AvgIpc) is 3.16. The zero-order chi connectivity index (χ0) is 13.5. The van der Waals surface area contributed by atoms with Crippen LogP contribution in [0, 0.1) is 0 Å². The van der Waals surface area contributed by atoms with Crippen LogP contribution in [0.15, 0.2) is 49.4 Å². The highest BCUT2D eigenvalue weighted by atomic mass is 15.1. The molecule has 1 N–H and O–H groups in total. The van der Waals surface area contributed by atoms with Gasteiger partial charge in [-0.3, -0.25) is 0 Å². The molecule has 4 nitrogen and oxygen atoms in total. The van der Waals surface area contributed by atoms with Gasteiger partial charge in [-0.2, -0.15) is 0 Å². The Bertz CT molecular complexity index is 790. The summed E-state index contributed by atoms with van der Waals surface area (Å²) in [6, 6.07) is 8.23. The maximum Gasteiger partial charge on any atom is 0.156 e. The van der Waals surface area contributed by atoms with Gasteiger partial charge in [0.2, 0.25) is 0 Å². The number of pyridine rings is 1. The van der Waals surface area contributed by atoms with E-state index in [0.29, 0.717) is 0 Å². The van der Waals surface area contributed by atoms with Crippen LogP contribution in [0.3, 0.4) is 0 Å². The first-order valence-corrected chi connectivity index (χ1v) is 6.69. The number of anilines is 1. The van der Waals surface area contributed by atoms with Gasteiger partial charge in [-0.15, -0.1) is 0 Å². The molecule has 3 heterocycles. The quantitative estimate of drug-likeness (QED) is 0.771. The van der Waals surface area contributed by atoms with Crippen LogP contribution in [0.25, 0.3) is 22.4 Å². The van der Waals surface area contributed by atoms with Crippen molar-refractivity contribution in [2.45, 2.75) is 6.42 Å². The van der Waals surface area contributed by atoms with Crippen molar-refractivity contribution in [1.82, 2.24) is 15.0 Å². The van der Waals surface area contributed by atoms with Crippen LogP contribution in [0.4, 0.5) is 5.69 Å². The molecular weight excluding hydrogens is 248 g/mol. The molecular formula is C16H14N4. The van der Waals surface area contributed by atoms with Crippen molar-refractivity contribution in [1.29, 1.82) is 0 Å². The molecule has 0 unspecified atom stereocenters. The second-order valence-electron chi connectivity index (χ2n) is 4.87. The molecule has 4 rings (SSSR count). The third-order valence-electron chi connectivity index (χ3n) is 3.80. The maximum absolute atomic E-state index is 4.80. The summed E-state index contributed by atoms with van der Waals surface area (Å²) in [6.07, 6.45) is 6.46. The van der Waals surface area contributed by atoms with Crippen molar-refractivity contribution in [2.24, 2.45) is 0 Å². The van der Waals surface area contributed by atoms with Gasteiger partial charge in [0.25, 0.3) is 0 Å². The van der Waals surface area contributed by atoms with Crippen LogP contribution in [-0.4, -0.2) is 21.5 Å². The van der Waals surface area contributed by atoms with Crippen LogP contribution < -0.4 is 4.90 Å². The molecule has 0 saturated heterocycles. The van der Waals surface area contributed by atoms with Crippen LogP contribution >= 0.6 is 0 Å². The largest absolute Gasteiger partial charge is 0.347 e. The number of rotatable bonds is 2. The predicted octanol–water partition coefficient (Wildman–Crippen LogP) is 3.13. The fourth-order valence-electron chi connectivity index (χ4n) is 2.92. The number of imidazole rings is 1. The van der Waals surface area contributed by atoms with E-state index >= 15 is 0 Å². The molecule has 4 heteroatoms. The molecule has 0 radical (unpaired) electrons. The van der Waals surface area contributed by atoms with Gasteiger partial charge in [-0.05, 0) is 18.7 Å². The Hall–Kier alpha value is -2.62. The van der Waals surface area contributed by atoms with Crippen LogP contribution in [0.5, 0.6) is 0 Å². The number of para-hydroxylation sites is 1. The normalized spacial score (nSPS) is 13.7. The molecule has 98 valence electrons. The standard InChI is InChI=1S/C16H14N4/c1-2-20-10-7-12-14(16-17-8-9-18-16)19-13-6-4-3-5-11(13)15(12)20/h2-6,8-9H,1,7,10H2,(H,17,18).